The number of fused-ring (bicyclic) bond motifs is 8. The summed E-state index contributed by atoms with van der Waals surface area (Å²) in [6.07, 6.45) is 16.2. The number of aryl methyl sites for hydroxylation is 5. The van der Waals surface area contributed by atoms with Crippen LogP contribution in [0.3, 0.4) is 0 Å². The molecule has 8 heteroatoms. The van der Waals surface area contributed by atoms with Gasteiger partial charge in [-0.15, -0.1) is 0 Å². The quantitative estimate of drug-likeness (QED) is 0.0630. The number of unbranched alkanes of at least 4 members (excludes halogenated alkanes) is 9. The first-order valence-electron chi connectivity index (χ1n) is 21.2. The Kier molecular flexibility index (Phi) is 14.4. The van der Waals surface area contributed by atoms with E-state index in [0.717, 1.165) is 158 Å². The summed E-state index contributed by atoms with van der Waals surface area (Å²) in [7, 11) is 1.40. The Balaban J connectivity index is 1.69. The van der Waals surface area contributed by atoms with Gasteiger partial charge in [-0.05, 0) is 116 Å². The highest BCUT2D eigenvalue weighted by molar-refractivity contribution is 5.91. The summed E-state index contributed by atoms with van der Waals surface area (Å²) in [6, 6.07) is 16.2. The standard InChI is InChI=1S/C47H62N4O4/c1-5-8-11-14-18-33-36-21-17-22-40(49-36)42(31-23-25-32(26-24-31)47(54)55-4)41-30-29-39(50-41)35(20-16-13-10-7-3)44-46(53)45(52)43(51-44)34(19-15-12-9-6-2)38-28-27-37(33)48-38/h23-30,45-46,48,50,52-53H,5-22H2,1-4H3/t45-,46+/m0/s1. The SMILES string of the molecule is CCCCCCc1c2nc(c(-c3ccc(C(=O)OC)cc3)c3ccc([nH]3)c(CCCCCC)c3nc(c(CCCCCC)c4ccc1[nH]4)[C@H](O)[C@@H]3O)CCC2. The number of nitrogens with one attached hydrogen (secondary N) is 2. The van der Waals surface area contributed by atoms with Crippen LogP contribution >= 0.6 is 0 Å². The van der Waals surface area contributed by atoms with Gasteiger partial charge in [0.1, 0.15) is 12.2 Å². The maximum Gasteiger partial charge on any atom is 0.337 e. The smallest absolute Gasteiger partial charge is 0.337 e. The number of hydrogen-bond acceptors (Lipinski definition) is 6. The van der Waals surface area contributed by atoms with Crippen LogP contribution in [0.15, 0.2) is 48.5 Å². The van der Waals surface area contributed by atoms with Crippen molar-refractivity contribution in [2.75, 3.05) is 7.11 Å². The molecule has 5 heterocycles. The van der Waals surface area contributed by atoms with Gasteiger partial charge in [0.2, 0.25) is 0 Å². The minimum absolute atomic E-state index is 0.368. The molecule has 1 aromatic carbocycles. The Labute approximate surface area is 327 Å². The zero-order valence-electron chi connectivity index (χ0n) is 33.6. The number of H-pyrrole nitrogens is 2. The number of esters is 1. The number of aliphatic hydroxyl groups excluding tert-OH is 2. The van der Waals surface area contributed by atoms with Crippen LogP contribution in [-0.2, 0) is 36.8 Å². The van der Waals surface area contributed by atoms with Crippen LogP contribution in [0.25, 0.3) is 33.2 Å². The third-order valence-electron chi connectivity index (χ3n) is 11.5. The molecule has 0 fully saturated rings. The Bertz CT molecular complexity index is 2060. The second kappa shape index (κ2) is 19.5. The molecule has 55 heavy (non-hydrogen) atoms. The summed E-state index contributed by atoms with van der Waals surface area (Å²) in [4.78, 5) is 30.7. The summed E-state index contributed by atoms with van der Waals surface area (Å²) in [5, 5.41) is 23.7. The van der Waals surface area contributed by atoms with E-state index >= 15 is 0 Å². The monoisotopic (exact) mass is 746 g/mol. The molecule has 2 aliphatic rings. The Morgan fingerprint density at radius 3 is 1.62 bits per heavy atom. The minimum atomic E-state index is -1.13. The van der Waals surface area contributed by atoms with Crippen LogP contribution in [0.4, 0.5) is 0 Å². The zero-order valence-corrected chi connectivity index (χ0v) is 33.6. The number of carbonyl (C=O) groups is 1. The zero-order chi connectivity index (χ0) is 38.7. The number of aromatic nitrogens is 4. The molecule has 0 aliphatic carbocycles. The Morgan fingerprint density at radius 2 is 1.09 bits per heavy atom. The van der Waals surface area contributed by atoms with Crippen LogP contribution in [0.2, 0.25) is 0 Å². The van der Waals surface area contributed by atoms with Crippen LogP contribution in [0.1, 0.15) is 166 Å². The Morgan fingerprint density at radius 1 is 0.618 bits per heavy atom. The highest BCUT2D eigenvalue weighted by Crippen LogP contribution is 2.39. The van der Waals surface area contributed by atoms with Gasteiger partial charge in [0.05, 0.1) is 29.8 Å². The molecule has 0 amide bonds. The molecule has 2 aliphatic heterocycles. The predicted molar refractivity (Wildman–Crippen MR) is 223 cm³/mol. The molecule has 6 rings (SSSR count). The average molecular weight is 747 g/mol. The molecule has 0 radical (unpaired) electrons. The van der Waals surface area contributed by atoms with Gasteiger partial charge >= 0.3 is 5.97 Å². The molecule has 3 aromatic heterocycles. The maximum atomic E-state index is 12.4. The van der Waals surface area contributed by atoms with E-state index in [1.54, 1.807) is 0 Å². The topological polar surface area (TPSA) is 124 Å². The fraction of sp³-hybridized carbons (Fsp3) is 0.511. The lowest BCUT2D eigenvalue weighted by molar-refractivity contribution is 0.0245. The maximum absolute atomic E-state index is 12.4. The van der Waals surface area contributed by atoms with E-state index in [4.69, 9.17) is 14.7 Å². The largest absolute Gasteiger partial charge is 0.465 e. The van der Waals surface area contributed by atoms with E-state index in [0.29, 0.717) is 17.0 Å². The Hall–Kier alpha value is -4.27. The van der Waals surface area contributed by atoms with Crippen molar-refractivity contribution in [3.05, 3.63) is 93.6 Å². The van der Waals surface area contributed by atoms with Gasteiger partial charge in [-0.3, -0.25) is 9.97 Å². The molecule has 0 unspecified atom stereocenters. The first-order chi connectivity index (χ1) is 26.9. The number of hydrogen-bond donors (Lipinski definition) is 4. The molecule has 8 bridgehead atoms. The number of aromatic amines is 2. The predicted octanol–water partition coefficient (Wildman–Crippen LogP) is 11.1. The van der Waals surface area contributed by atoms with Crippen molar-refractivity contribution in [3.8, 4) is 11.1 Å². The minimum Gasteiger partial charge on any atom is -0.465 e. The van der Waals surface area contributed by atoms with Gasteiger partial charge in [-0.25, -0.2) is 4.79 Å². The molecular formula is C47H62N4O4. The molecule has 4 N–H and O–H groups in total. The molecule has 294 valence electrons. The summed E-state index contributed by atoms with van der Waals surface area (Å²) < 4.78 is 5.01. The third kappa shape index (κ3) is 9.41. The van der Waals surface area contributed by atoms with E-state index in [-0.39, 0.29) is 5.97 Å². The van der Waals surface area contributed by atoms with E-state index < -0.39 is 12.2 Å². The van der Waals surface area contributed by atoms with Crippen molar-refractivity contribution in [1.82, 2.24) is 19.9 Å². The molecule has 0 spiro atoms. The first-order valence-corrected chi connectivity index (χ1v) is 21.2. The van der Waals surface area contributed by atoms with Gasteiger partial charge in [0.15, 0.2) is 0 Å². The number of rotatable bonds is 17. The van der Waals surface area contributed by atoms with E-state index in [1.165, 1.54) is 25.5 Å². The number of methoxy groups -OCH3 is 1. The van der Waals surface area contributed by atoms with Crippen molar-refractivity contribution in [3.63, 3.8) is 0 Å². The van der Waals surface area contributed by atoms with Crippen LogP contribution in [0, 0.1) is 0 Å². The lowest BCUT2D eigenvalue weighted by Gasteiger charge is -2.16. The van der Waals surface area contributed by atoms with Gasteiger partial charge in [0, 0.05) is 33.3 Å². The molecule has 0 saturated heterocycles. The van der Waals surface area contributed by atoms with Crippen LogP contribution in [0.5, 0.6) is 0 Å². The molecule has 0 saturated carbocycles. The average Bonchev–Trinajstić information content (AvgIpc) is 3.95. The molecule has 4 aromatic rings. The lowest BCUT2D eigenvalue weighted by Crippen LogP contribution is -2.08. The van der Waals surface area contributed by atoms with Crippen molar-refractivity contribution in [2.45, 2.75) is 149 Å². The molecule has 8 nitrogen and oxygen atoms in total. The molecular weight excluding hydrogens is 685 g/mol. The van der Waals surface area contributed by atoms with Gasteiger partial charge in [-0.1, -0.05) is 90.7 Å². The lowest BCUT2D eigenvalue weighted by atomic mass is 9.95. The van der Waals surface area contributed by atoms with Gasteiger partial charge in [-0.2, -0.15) is 0 Å². The fourth-order valence-electron chi connectivity index (χ4n) is 8.40. The van der Waals surface area contributed by atoms with Crippen LogP contribution in [-0.4, -0.2) is 43.2 Å². The number of aliphatic hydroxyl groups is 2. The summed E-state index contributed by atoms with van der Waals surface area (Å²) >= 11 is 0. The van der Waals surface area contributed by atoms with E-state index in [2.05, 4.69) is 55.0 Å². The van der Waals surface area contributed by atoms with Crippen LogP contribution < -0.4 is 0 Å². The number of benzene rings is 1. The third-order valence-corrected chi connectivity index (χ3v) is 11.5. The second-order valence-electron chi connectivity index (χ2n) is 15.5. The first kappa shape index (κ1) is 40.4. The van der Waals surface area contributed by atoms with Crippen molar-refractivity contribution in [2.24, 2.45) is 0 Å². The highest BCUT2D eigenvalue weighted by Gasteiger charge is 2.33. The van der Waals surface area contributed by atoms with E-state index in [9.17, 15) is 15.0 Å². The van der Waals surface area contributed by atoms with Crippen molar-refractivity contribution >= 4 is 28.0 Å². The number of ether oxygens (including phenoxy) is 1. The van der Waals surface area contributed by atoms with Crippen molar-refractivity contribution < 1.29 is 19.7 Å². The number of nitrogens with zero attached hydrogens (tertiary/aromatic N) is 2. The van der Waals surface area contributed by atoms with Gasteiger partial charge < -0.3 is 24.9 Å². The normalized spacial score (nSPS) is 15.7. The summed E-state index contributed by atoms with van der Waals surface area (Å²) in [6.45, 7) is 6.68. The van der Waals surface area contributed by atoms with Crippen molar-refractivity contribution in [1.29, 1.82) is 0 Å². The summed E-state index contributed by atoms with van der Waals surface area (Å²) in [5.41, 5.74) is 12.7. The highest BCUT2D eigenvalue weighted by atomic mass is 16.5. The fourth-order valence-corrected chi connectivity index (χ4v) is 8.40. The number of carbonyl (C=O) groups excluding carboxylic acids is 1. The summed E-state index contributed by atoms with van der Waals surface area (Å²) in [5.74, 6) is -0.368. The van der Waals surface area contributed by atoms with E-state index in [1.807, 2.05) is 24.3 Å². The second-order valence-corrected chi connectivity index (χ2v) is 15.5. The van der Waals surface area contributed by atoms with Gasteiger partial charge in [0.25, 0.3) is 0 Å². The molecule has 2 atom stereocenters.